The fraction of sp³-hybridized carbons (Fsp3) is 1.00. The van der Waals surface area contributed by atoms with Gasteiger partial charge in [0.05, 0.1) is 73.9 Å². The van der Waals surface area contributed by atoms with Crippen LogP contribution >= 0.6 is 142 Å². The number of halogens is 12. The second kappa shape index (κ2) is 74.7. The lowest BCUT2D eigenvalue weighted by Gasteiger charge is -1.96. The highest BCUT2D eigenvalue weighted by Gasteiger charge is 1.97. The van der Waals surface area contributed by atoms with Crippen LogP contribution in [-0.4, -0.2) is 172 Å². The van der Waals surface area contributed by atoms with Gasteiger partial charge in [0, 0.05) is 29.4 Å². The first kappa shape index (κ1) is 80.0. The van der Waals surface area contributed by atoms with Gasteiger partial charge in [0.15, 0.2) is 0 Å². The van der Waals surface area contributed by atoms with Crippen LogP contribution < -0.4 is 0 Å². The third-order valence-corrected chi connectivity index (χ3v) is 5.80. The van der Waals surface area contributed by atoms with E-state index in [1.54, 1.807) is 0 Å². The Balaban J connectivity index is -0.0000000250. The van der Waals surface area contributed by atoms with E-state index in [2.05, 4.69) is 0 Å². The van der Waals surface area contributed by atoms with Crippen LogP contribution in [0.15, 0.2) is 0 Å². The van der Waals surface area contributed by atoms with Crippen molar-refractivity contribution >= 4 is 142 Å². The summed E-state index contributed by atoms with van der Waals surface area (Å²) in [5, 5.41) is 72.1. The lowest BCUT2D eigenvalue weighted by molar-refractivity contribution is 0.0450. The molecular formula is C18H48Cl12O12. The Kier molecular flexibility index (Phi) is 142. The normalized spacial score (nSPS) is 9.86. The molecule has 24 heteroatoms. The molecule has 0 saturated carbocycles. The highest BCUT2D eigenvalue weighted by atomic mass is 35.5. The Bertz CT molecular complexity index is 258. The summed E-state index contributed by atoms with van der Waals surface area (Å²) in [6.07, 6.45) is -2.23. The molecule has 0 fully saturated rings. The van der Waals surface area contributed by atoms with E-state index in [0.717, 1.165) is 0 Å². The van der Waals surface area contributed by atoms with Crippen molar-refractivity contribution in [1.82, 2.24) is 0 Å². The second-order valence-electron chi connectivity index (χ2n) is 5.77. The van der Waals surface area contributed by atoms with Gasteiger partial charge in [0.25, 0.3) is 0 Å². The molecule has 42 heavy (non-hydrogen) atoms. The summed E-state index contributed by atoms with van der Waals surface area (Å²) in [4.78, 5) is 0. The van der Waals surface area contributed by atoms with Gasteiger partial charge < -0.3 is 62.4 Å². The minimum atomic E-state index is -0.954. The average Bonchev–Trinajstić information content (AvgIpc) is 2.95. The lowest BCUT2D eigenvalue weighted by Crippen LogP contribution is -2.15. The van der Waals surface area contributed by atoms with Crippen LogP contribution in [0.3, 0.4) is 0 Å². The number of hydrogen-bond donors (Lipinski definition) is 9. The van der Waals surface area contributed by atoms with E-state index in [-0.39, 0.29) is 122 Å². The first-order chi connectivity index (χ1) is 16.8. The molecule has 2 unspecified atom stereocenters. The van der Waals surface area contributed by atoms with Crippen molar-refractivity contribution in [3.8, 4) is 0 Å². The van der Waals surface area contributed by atoms with E-state index in [1.807, 2.05) is 0 Å². The fourth-order valence-electron chi connectivity index (χ4n) is 0.296. The standard InChI is InChI=1S/C3H5Cl3.2C3H6Cl2O.2C3H7ClO2.C3H8O3.3ClH.3H2O/c4-1-3(6)2-5;4-1-3(5)2-6;4-1-3(6)2-5;4-3(1-5)2-6;2*4-1-3(6)2-5;;;;;;/h3H,1-2H2;2*3,6H,1-2H2;2*3,5-6H,1-2H2;3-6H,1-2H2;3*1H;3*1H2. The van der Waals surface area contributed by atoms with Crippen LogP contribution in [0, 0.1) is 0 Å². The van der Waals surface area contributed by atoms with Gasteiger partial charge in [-0.3, -0.25) is 0 Å². The number of rotatable bonds is 12. The van der Waals surface area contributed by atoms with Crippen LogP contribution in [-0.2, 0) is 0 Å². The van der Waals surface area contributed by atoms with E-state index in [4.69, 9.17) is 150 Å². The summed E-state index contributed by atoms with van der Waals surface area (Å²) in [6, 6.07) is 0. The zero-order valence-corrected chi connectivity index (χ0v) is 31.4. The minimum Gasteiger partial charge on any atom is -0.412 e. The summed E-state index contributed by atoms with van der Waals surface area (Å²) >= 11 is 46.7. The molecule has 0 aromatic heterocycles. The zero-order chi connectivity index (χ0) is 29.9. The van der Waals surface area contributed by atoms with Crippen molar-refractivity contribution in [1.29, 1.82) is 0 Å². The molecule has 0 aliphatic carbocycles. The highest BCUT2D eigenvalue weighted by Crippen LogP contribution is 1.99. The number of aliphatic hydroxyl groups excluding tert-OH is 9. The first-order valence-corrected chi connectivity index (χ1v) is 14.3. The number of alkyl halides is 9. The van der Waals surface area contributed by atoms with Crippen LogP contribution in [0.1, 0.15) is 0 Å². The predicted octanol–water partition coefficient (Wildman–Crippen LogP) is 0.00120. The largest absolute Gasteiger partial charge is 0.412 e. The maximum Gasteiger partial charge on any atom is 0.100 e. The number of aliphatic hydroxyl groups is 9. The Hall–Kier alpha value is 3.00. The van der Waals surface area contributed by atoms with E-state index in [1.165, 1.54) is 0 Å². The van der Waals surface area contributed by atoms with Gasteiger partial charge in [-0.05, 0) is 0 Å². The molecule has 0 rings (SSSR count). The third-order valence-electron chi connectivity index (χ3n) is 2.26. The van der Waals surface area contributed by atoms with E-state index < -0.39 is 23.7 Å². The molecule has 0 saturated heterocycles. The third kappa shape index (κ3) is 104. The molecule has 12 nitrogen and oxygen atoms in total. The van der Waals surface area contributed by atoms with Gasteiger partial charge >= 0.3 is 0 Å². The molecule has 0 aliphatic rings. The summed E-state index contributed by atoms with van der Waals surface area (Å²) in [6.45, 7) is -1.32. The molecule has 0 bridgehead atoms. The van der Waals surface area contributed by atoms with Crippen molar-refractivity contribution in [3.05, 3.63) is 0 Å². The summed E-state index contributed by atoms with van der Waals surface area (Å²) in [5.41, 5.74) is 0. The molecule has 0 aromatic carbocycles. The Labute approximate surface area is 311 Å². The average molecular weight is 882 g/mol. The number of hydrogen-bond acceptors (Lipinski definition) is 9. The molecule has 0 aromatic rings. The maximum absolute atomic E-state index is 8.40. The molecule has 15 N–H and O–H groups in total. The van der Waals surface area contributed by atoms with Crippen LogP contribution in [0.25, 0.3) is 0 Å². The first-order valence-electron chi connectivity index (χ1n) is 9.83. The van der Waals surface area contributed by atoms with Gasteiger partial charge in [-0.15, -0.1) is 142 Å². The van der Waals surface area contributed by atoms with Crippen molar-refractivity contribution in [2.45, 2.75) is 34.4 Å². The molecule has 0 amide bonds. The Morgan fingerprint density at radius 2 is 0.571 bits per heavy atom. The molecular weight excluding hydrogens is 834 g/mol. The van der Waals surface area contributed by atoms with Crippen molar-refractivity contribution < 1.29 is 62.4 Å². The smallest absolute Gasteiger partial charge is 0.100 e. The lowest BCUT2D eigenvalue weighted by atomic mass is 10.4. The van der Waals surface area contributed by atoms with Crippen LogP contribution in [0.5, 0.6) is 0 Å². The van der Waals surface area contributed by atoms with Crippen LogP contribution in [0.2, 0.25) is 0 Å². The molecule has 0 spiro atoms. The second-order valence-corrected chi connectivity index (χ2v) is 9.48. The summed E-state index contributed by atoms with van der Waals surface area (Å²) in [5.74, 6) is 1.75. The molecule has 0 aliphatic heterocycles. The van der Waals surface area contributed by atoms with Crippen LogP contribution in [0.4, 0.5) is 0 Å². The van der Waals surface area contributed by atoms with Gasteiger partial charge in [-0.25, -0.2) is 0 Å². The predicted molar refractivity (Wildman–Crippen MR) is 186 cm³/mol. The Morgan fingerprint density at radius 1 is 0.333 bits per heavy atom. The van der Waals surface area contributed by atoms with E-state index >= 15 is 0 Å². The van der Waals surface area contributed by atoms with Gasteiger partial charge in [0.2, 0.25) is 0 Å². The van der Waals surface area contributed by atoms with Crippen molar-refractivity contribution in [2.24, 2.45) is 0 Å². The van der Waals surface area contributed by atoms with Gasteiger partial charge in [0.1, 0.15) is 6.10 Å². The fourth-order valence-corrected chi connectivity index (χ4v) is 1.15. The van der Waals surface area contributed by atoms with Gasteiger partial charge in [-0.1, -0.05) is 0 Å². The van der Waals surface area contributed by atoms with Gasteiger partial charge in [-0.2, -0.15) is 0 Å². The minimum absolute atomic E-state index is 0. The topological polar surface area (TPSA) is 277 Å². The SMILES string of the molecule is Cl.Cl.Cl.ClCC(Cl)CCl.O.O.O.OC(CCl)CCl.OCC(Cl)CCl.OCC(Cl)CO.OCC(O)CCl.OCC(O)CO. The quantitative estimate of drug-likeness (QED) is 0.119. The molecule has 0 radical (unpaired) electrons. The van der Waals surface area contributed by atoms with E-state index in [9.17, 15) is 0 Å². The Morgan fingerprint density at radius 3 is 0.571 bits per heavy atom. The maximum atomic E-state index is 8.40. The molecule has 0 heterocycles. The van der Waals surface area contributed by atoms with E-state index in [0.29, 0.717) is 17.6 Å². The van der Waals surface area contributed by atoms with Crippen molar-refractivity contribution in [2.75, 3.05) is 74.9 Å². The summed E-state index contributed by atoms with van der Waals surface area (Å²) < 4.78 is 0. The molecule has 276 valence electrons. The summed E-state index contributed by atoms with van der Waals surface area (Å²) in [7, 11) is 0. The van der Waals surface area contributed by atoms with Crippen molar-refractivity contribution in [3.63, 3.8) is 0 Å². The molecule has 2 atom stereocenters. The highest BCUT2D eigenvalue weighted by molar-refractivity contribution is 6.32. The zero-order valence-electron chi connectivity index (χ0n) is 22.1. The monoisotopic (exact) mass is 876 g/mol.